The van der Waals surface area contributed by atoms with Crippen molar-refractivity contribution in [3.63, 3.8) is 0 Å². The van der Waals surface area contributed by atoms with Crippen LogP contribution in [0.15, 0.2) is 4.99 Å². The van der Waals surface area contributed by atoms with Crippen LogP contribution >= 0.6 is 0 Å². The molecule has 1 aliphatic rings. The first kappa shape index (κ1) is 15.3. The molecule has 0 aliphatic carbocycles. The fourth-order valence-corrected chi connectivity index (χ4v) is 2.32. The zero-order valence-corrected chi connectivity index (χ0v) is 12.3. The van der Waals surface area contributed by atoms with E-state index in [4.69, 9.17) is 5.73 Å². The Hall–Kier alpha value is -0.770. The molecule has 0 bridgehead atoms. The van der Waals surface area contributed by atoms with Crippen molar-refractivity contribution >= 4 is 5.96 Å². The minimum absolute atomic E-state index is 0.598. The number of hydrogen-bond acceptors (Lipinski definition) is 2. The predicted octanol–water partition coefficient (Wildman–Crippen LogP) is 1.81. The SMILES string of the molecule is CC(C)CCN=C(N)NCCN1CCCCC1C. The van der Waals surface area contributed by atoms with Gasteiger partial charge in [0.25, 0.3) is 0 Å². The minimum atomic E-state index is 0.598. The van der Waals surface area contributed by atoms with Crippen LogP contribution in [0.25, 0.3) is 0 Å². The molecule has 0 aromatic rings. The van der Waals surface area contributed by atoms with Crippen molar-refractivity contribution in [2.24, 2.45) is 16.6 Å². The van der Waals surface area contributed by atoms with Gasteiger partial charge >= 0.3 is 0 Å². The largest absolute Gasteiger partial charge is 0.370 e. The van der Waals surface area contributed by atoms with E-state index in [2.05, 4.69) is 36.0 Å². The van der Waals surface area contributed by atoms with Gasteiger partial charge in [0.1, 0.15) is 0 Å². The van der Waals surface area contributed by atoms with E-state index < -0.39 is 0 Å². The van der Waals surface area contributed by atoms with Gasteiger partial charge in [-0.2, -0.15) is 0 Å². The summed E-state index contributed by atoms with van der Waals surface area (Å²) in [6.45, 7) is 10.8. The van der Waals surface area contributed by atoms with Crippen molar-refractivity contribution in [2.45, 2.75) is 52.5 Å². The molecule has 1 aliphatic heterocycles. The summed E-state index contributed by atoms with van der Waals surface area (Å²) in [5.74, 6) is 1.29. The molecule has 0 spiro atoms. The van der Waals surface area contributed by atoms with Crippen LogP contribution in [-0.2, 0) is 0 Å². The molecular weight excluding hydrogens is 224 g/mol. The summed E-state index contributed by atoms with van der Waals surface area (Å²) in [4.78, 5) is 6.87. The Morgan fingerprint density at radius 3 is 2.89 bits per heavy atom. The first-order valence-corrected chi connectivity index (χ1v) is 7.37. The second-order valence-electron chi connectivity index (χ2n) is 5.76. The normalized spacial score (nSPS) is 22.4. The van der Waals surface area contributed by atoms with Crippen molar-refractivity contribution in [1.82, 2.24) is 10.2 Å². The molecule has 0 saturated carbocycles. The first-order chi connectivity index (χ1) is 8.59. The van der Waals surface area contributed by atoms with Gasteiger partial charge in [-0.25, -0.2) is 0 Å². The Labute approximate surface area is 112 Å². The molecule has 18 heavy (non-hydrogen) atoms. The summed E-state index contributed by atoms with van der Waals surface area (Å²) < 4.78 is 0. The topological polar surface area (TPSA) is 53.6 Å². The molecule has 106 valence electrons. The summed E-state index contributed by atoms with van der Waals surface area (Å²) in [5.41, 5.74) is 5.83. The molecule has 4 nitrogen and oxygen atoms in total. The van der Waals surface area contributed by atoms with E-state index in [1.165, 1.54) is 25.8 Å². The van der Waals surface area contributed by atoms with Crippen LogP contribution in [0.1, 0.15) is 46.5 Å². The molecular formula is C14H30N4. The maximum atomic E-state index is 5.83. The Kier molecular flexibility index (Phi) is 7.09. The third-order valence-electron chi connectivity index (χ3n) is 3.63. The average molecular weight is 254 g/mol. The Bertz CT molecular complexity index is 250. The van der Waals surface area contributed by atoms with Gasteiger partial charge in [0.15, 0.2) is 5.96 Å². The molecule has 1 fully saturated rings. The molecule has 0 amide bonds. The number of likely N-dealkylation sites (tertiary alicyclic amines) is 1. The number of piperidine rings is 1. The Morgan fingerprint density at radius 2 is 2.22 bits per heavy atom. The average Bonchev–Trinajstić information content (AvgIpc) is 2.31. The van der Waals surface area contributed by atoms with E-state index in [0.717, 1.165) is 32.1 Å². The smallest absolute Gasteiger partial charge is 0.188 e. The summed E-state index contributed by atoms with van der Waals surface area (Å²) in [7, 11) is 0. The van der Waals surface area contributed by atoms with Gasteiger partial charge in [-0.15, -0.1) is 0 Å². The third-order valence-corrected chi connectivity index (χ3v) is 3.63. The van der Waals surface area contributed by atoms with Crippen LogP contribution in [0.3, 0.4) is 0 Å². The lowest BCUT2D eigenvalue weighted by atomic mass is 10.0. The molecule has 3 N–H and O–H groups in total. The second kappa shape index (κ2) is 8.35. The highest BCUT2D eigenvalue weighted by atomic mass is 15.2. The van der Waals surface area contributed by atoms with Gasteiger partial charge in [0.2, 0.25) is 0 Å². The Morgan fingerprint density at radius 1 is 1.44 bits per heavy atom. The quantitative estimate of drug-likeness (QED) is 0.561. The third kappa shape index (κ3) is 6.24. The van der Waals surface area contributed by atoms with Gasteiger partial charge in [0.05, 0.1) is 0 Å². The number of nitrogens with one attached hydrogen (secondary N) is 1. The first-order valence-electron chi connectivity index (χ1n) is 7.37. The minimum Gasteiger partial charge on any atom is -0.370 e. The number of aliphatic imine (C=N–C) groups is 1. The lowest BCUT2D eigenvalue weighted by Gasteiger charge is -2.33. The van der Waals surface area contributed by atoms with Crippen molar-refractivity contribution in [3.05, 3.63) is 0 Å². The summed E-state index contributed by atoms with van der Waals surface area (Å²) in [6, 6.07) is 0.722. The lowest BCUT2D eigenvalue weighted by Crippen LogP contribution is -2.43. The fourth-order valence-electron chi connectivity index (χ4n) is 2.32. The molecule has 1 atom stereocenters. The van der Waals surface area contributed by atoms with Crippen LogP contribution in [0.5, 0.6) is 0 Å². The van der Waals surface area contributed by atoms with E-state index >= 15 is 0 Å². The zero-order chi connectivity index (χ0) is 13.4. The standard InChI is InChI=1S/C14H30N4/c1-12(2)7-8-16-14(15)17-9-11-18-10-5-4-6-13(18)3/h12-13H,4-11H2,1-3H3,(H3,15,16,17). The maximum absolute atomic E-state index is 5.83. The van der Waals surface area contributed by atoms with Crippen molar-refractivity contribution in [3.8, 4) is 0 Å². The highest BCUT2D eigenvalue weighted by molar-refractivity contribution is 5.77. The highest BCUT2D eigenvalue weighted by Crippen LogP contribution is 2.15. The van der Waals surface area contributed by atoms with Gasteiger partial charge in [0, 0.05) is 25.7 Å². The second-order valence-corrected chi connectivity index (χ2v) is 5.76. The van der Waals surface area contributed by atoms with Gasteiger partial charge in [-0.3, -0.25) is 9.89 Å². The van der Waals surface area contributed by atoms with E-state index in [-0.39, 0.29) is 0 Å². The fraction of sp³-hybridized carbons (Fsp3) is 0.929. The van der Waals surface area contributed by atoms with Gasteiger partial charge in [-0.05, 0) is 38.6 Å². The molecule has 4 heteroatoms. The molecule has 1 saturated heterocycles. The lowest BCUT2D eigenvalue weighted by molar-refractivity contribution is 0.164. The van der Waals surface area contributed by atoms with E-state index in [1.807, 2.05) is 0 Å². The molecule has 0 radical (unpaired) electrons. The maximum Gasteiger partial charge on any atom is 0.188 e. The number of guanidine groups is 1. The summed E-state index contributed by atoms with van der Waals surface area (Å²) >= 11 is 0. The van der Waals surface area contributed by atoms with Crippen molar-refractivity contribution < 1.29 is 0 Å². The van der Waals surface area contributed by atoms with Crippen LogP contribution < -0.4 is 11.1 Å². The number of rotatable bonds is 6. The van der Waals surface area contributed by atoms with Crippen LogP contribution in [0.2, 0.25) is 0 Å². The molecule has 0 aromatic carbocycles. The van der Waals surface area contributed by atoms with Crippen LogP contribution in [0.4, 0.5) is 0 Å². The monoisotopic (exact) mass is 254 g/mol. The number of hydrogen-bond donors (Lipinski definition) is 2. The predicted molar refractivity (Wildman–Crippen MR) is 78.8 cm³/mol. The van der Waals surface area contributed by atoms with E-state index in [9.17, 15) is 0 Å². The summed E-state index contributed by atoms with van der Waals surface area (Å²) in [6.07, 6.45) is 5.15. The molecule has 1 unspecified atom stereocenters. The molecule has 1 heterocycles. The van der Waals surface area contributed by atoms with Gasteiger partial charge < -0.3 is 11.1 Å². The van der Waals surface area contributed by atoms with Crippen LogP contribution in [0, 0.1) is 5.92 Å². The highest BCUT2D eigenvalue weighted by Gasteiger charge is 2.17. The number of nitrogens with zero attached hydrogens (tertiary/aromatic N) is 2. The van der Waals surface area contributed by atoms with E-state index in [1.54, 1.807) is 0 Å². The van der Waals surface area contributed by atoms with Gasteiger partial charge in [-0.1, -0.05) is 20.3 Å². The van der Waals surface area contributed by atoms with Crippen molar-refractivity contribution in [1.29, 1.82) is 0 Å². The zero-order valence-electron chi connectivity index (χ0n) is 12.3. The summed E-state index contributed by atoms with van der Waals surface area (Å²) in [5, 5.41) is 3.21. The number of nitrogens with two attached hydrogens (primary N) is 1. The molecule has 0 aromatic heterocycles. The molecule has 1 rings (SSSR count). The van der Waals surface area contributed by atoms with Crippen LogP contribution in [-0.4, -0.2) is 43.1 Å². The van der Waals surface area contributed by atoms with Crippen molar-refractivity contribution in [2.75, 3.05) is 26.2 Å². The van der Waals surface area contributed by atoms with E-state index in [0.29, 0.717) is 11.9 Å². The Balaban J connectivity index is 2.12.